The quantitative estimate of drug-likeness (QED) is 0.450. The lowest BCUT2D eigenvalue weighted by Crippen LogP contribution is -2.19. The summed E-state index contributed by atoms with van der Waals surface area (Å²) in [6.07, 6.45) is 0. The molecule has 0 saturated heterocycles. The van der Waals surface area contributed by atoms with Crippen molar-refractivity contribution in [2.75, 3.05) is 13.7 Å². The topological polar surface area (TPSA) is 86.7 Å². The van der Waals surface area contributed by atoms with Crippen LogP contribution in [0.1, 0.15) is 10.4 Å². The summed E-state index contributed by atoms with van der Waals surface area (Å²) in [6.45, 7) is 0.920. The highest BCUT2D eigenvalue weighted by Gasteiger charge is 2.13. The SMILES string of the molecule is COCCn1c(=NC(=O)c2ccc(Br)cc2)sc2cc([N+](=O)[O-])ccc21. The zero-order chi connectivity index (χ0) is 18.7. The number of nitrogens with zero attached hydrogens (tertiary/aromatic N) is 3. The van der Waals surface area contributed by atoms with Crippen LogP contribution in [-0.4, -0.2) is 29.1 Å². The number of hydrogen-bond donors (Lipinski definition) is 0. The van der Waals surface area contributed by atoms with Crippen molar-refractivity contribution in [3.8, 4) is 0 Å². The van der Waals surface area contributed by atoms with Crippen molar-refractivity contribution >= 4 is 49.1 Å². The predicted molar refractivity (Wildman–Crippen MR) is 102 cm³/mol. The Morgan fingerprint density at radius 2 is 2.04 bits per heavy atom. The van der Waals surface area contributed by atoms with Gasteiger partial charge in [-0.25, -0.2) is 0 Å². The van der Waals surface area contributed by atoms with E-state index in [1.54, 1.807) is 37.4 Å². The molecule has 1 amide bonds. The number of nitro groups is 1. The molecule has 134 valence electrons. The molecule has 26 heavy (non-hydrogen) atoms. The lowest BCUT2D eigenvalue weighted by Gasteiger charge is -2.04. The molecule has 0 aliphatic carbocycles. The van der Waals surface area contributed by atoms with Gasteiger partial charge in [-0.2, -0.15) is 4.99 Å². The zero-order valence-corrected chi connectivity index (χ0v) is 16.1. The lowest BCUT2D eigenvalue weighted by atomic mass is 10.2. The van der Waals surface area contributed by atoms with Crippen molar-refractivity contribution in [2.24, 2.45) is 4.99 Å². The molecule has 0 saturated carbocycles. The molecule has 0 fully saturated rings. The molecule has 0 unspecified atom stereocenters. The van der Waals surface area contributed by atoms with Gasteiger partial charge in [-0.05, 0) is 30.3 Å². The first-order valence-corrected chi connectivity index (χ1v) is 9.22. The Morgan fingerprint density at radius 1 is 1.31 bits per heavy atom. The summed E-state index contributed by atoms with van der Waals surface area (Å²) in [5.41, 5.74) is 1.25. The Labute approximate surface area is 160 Å². The summed E-state index contributed by atoms with van der Waals surface area (Å²) < 4.78 is 8.53. The van der Waals surface area contributed by atoms with E-state index in [-0.39, 0.29) is 11.6 Å². The predicted octanol–water partition coefficient (Wildman–Crippen LogP) is 3.76. The maximum atomic E-state index is 12.5. The number of benzene rings is 2. The van der Waals surface area contributed by atoms with Crippen molar-refractivity contribution in [1.29, 1.82) is 0 Å². The van der Waals surface area contributed by atoms with E-state index in [4.69, 9.17) is 4.74 Å². The van der Waals surface area contributed by atoms with E-state index in [2.05, 4.69) is 20.9 Å². The molecule has 0 spiro atoms. The second kappa shape index (κ2) is 7.90. The van der Waals surface area contributed by atoms with Crippen molar-refractivity contribution < 1.29 is 14.5 Å². The molecule has 3 rings (SSSR count). The normalized spacial score (nSPS) is 11.8. The standard InChI is InChI=1S/C17H14BrN3O4S/c1-25-9-8-20-14-7-6-13(21(23)24)10-15(14)26-17(20)19-16(22)11-2-4-12(18)5-3-11/h2-7,10H,8-9H2,1H3. The van der Waals surface area contributed by atoms with Gasteiger partial charge in [0.1, 0.15) is 0 Å². The number of halogens is 1. The van der Waals surface area contributed by atoms with Crippen LogP contribution >= 0.6 is 27.3 Å². The highest BCUT2D eigenvalue weighted by molar-refractivity contribution is 9.10. The van der Waals surface area contributed by atoms with Crippen LogP contribution in [0.4, 0.5) is 5.69 Å². The average Bonchev–Trinajstić information content (AvgIpc) is 2.96. The Hall–Kier alpha value is -2.36. The molecule has 0 atom stereocenters. The first kappa shape index (κ1) is 18.4. The van der Waals surface area contributed by atoms with Gasteiger partial charge in [0.2, 0.25) is 0 Å². The molecule has 3 aromatic rings. The fraction of sp³-hybridized carbons (Fsp3) is 0.176. The maximum absolute atomic E-state index is 12.5. The fourth-order valence-corrected chi connectivity index (χ4v) is 3.76. The van der Waals surface area contributed by atoms with Gasteiger partial charge in [0.05, 0.1) is 21.7 Å². The van der Waals surface area contributed by atoms with E-state index in [9.17, 15) is 14.9 Å². The van der Waals surface area contributed by atoms with Crippen LogP contribution in [0.5, 0.6) is 0 Å². The van der Waals surface area contributed by atoms with Gasteiger partial charge in [0.15, 0.2) is 4.80 Å². The number of non-ortho nitro benzene ring substituents is 1. The number of amides is 1. The van der Waals surface area contributed by atoms with Crippen LogP contribution in [0.25, 0.3) is 10.2 Å². The van der Waals surface area contributed by atoms with Crippen molar-refractivity contribution in [2.45, 2.75) is 6.54 Å². The van der Waals surface area contributed by atoms with Crippen molar-refractivity contribution in [3.63, 3.8) is 0 Å². The van der Waals surface area contributed by atoms with E-state index in [1.807, 2.05) is 4.57 Å². The molecule has 0 aliphatic rings. The molecule has 2 aromatic carbocycles. The van der Waals surface area contributed by atoms with Crippen LogP contribution in [0.15, 0.2) is 51.9 Å². The third-order valence-electron chi connectivity index (χ3n) is 3.68. The number of thiazole rings is 1. The fourth-order valence-electron chi connectivity index (χ4n) is 2.40. The minimum atomic E-state index is -0.442. The van der Waals surface area contributed by atoms with Crippen molar-refractivity contribution in [1.82, 2.24) is 4.57 Å². The second-order valence-electron chi connectivity index (χ2n) is 5.36. The Balaban J connectivity index is 2.11. The molecule has 1 heterocycles. The Kier molecular flexibility index (Phi) is 5.60. The molecule has 9 heteroatoms. The molecule has 0 bridgehead atoms. The number of methoxy groups -OCH3 is 1. The Bertz CT molecular complexity index is 1040. The van der Waals surface area contributed by atoms with Crippen LogP contribution in [0, 0.1) is 10.1 Å². The molecular weight excluding hydrogens is 422 g/mol. The molecule has 7 nitrogen and oxygen atoms in total. The number of aromatic nitrogens is 1. The van der Waals surface area contributed by atoms with Gasteiger partial charge >= 0.3 is 0 Å². The van der Waals surface area contributed by atoms with Gasteiger partial charge in [0, 0.05) is 35.8 Å². The Morgan fingerprint density at radius 3 is 2.69 bits per heavy atom. The first-order chi connectivity index (χ1) is 12.5. The van der Waals surface area contributed by atoms with Crippen LogP contribution < -0.4 is 4.80 Å². The number of carbonyl (C=O) groups is 1. The molecule has 0 N–H and O–H groups in total. The van der Waals surface area contributed by atoms with E-state index >= 15 is 0 Å². The number of ether oxygens (including phenoxy) is 1. The van der Waals surface area contributed by atoms with Gasteiger partial charge in [-0.3, -0.25) is 14.9 Å². The van der Waals surface area contributed by atoms with Gasteiger partial charge in [-0.1, -0.05) is 27.3 Å². The van der Waals surface area contributed by atoms with E-state index < -0.39 is 4.92 Å². The lowest BCUT2D eigenvalue weighted by molar-refractivity contribution is -0.384. The number of hydrogen-bond acceptors (Lipinski definition) is 5. The second-order valence-corrected chi connectivity index (χ2v) is 7.29. The number of nitro benzene ring substituents is 1. The van der Waals surface area contributed by atoms with E-state index in [0.29, 0.717) is 28.2 Å². The van der Waals surface area contributed by atoms with E-state index in [1.165, 1.54) is 23.5 Å². The third kappa shape index (κ3) is 3.90. The number of carbonyl (C=O) groups excluding carboxylic acids is 1. The largest absolute Gasteiger partial charge is 0.383 e. The number of rotatable bonds is 5. The van der Waals surface area contributed by atoms with Crippen LogP contribution in [0.2, 0.25) is 0 Å². The summed E-state index contributed by atoms with van der Waals surface area (Å²) in [5, 5.41) is 11.0. The summed E-state index contributed by atoms with van der Waals surface area (Å²) in [5.74, 6) is -0.371. The minimum Gasteiger partial charge on any atom is -0.383 e. The molecule has 1 aromatic heterocycles. The summed E-state index contributed by atoms with van der Waals surface area (Å²) in [4.78, 5) is 27.7. The van der Waals surface area contributed by atoms with Crippen LogP contribution in [-0.2, 0) is 11.3 Å². The van der Waals surface area contributed by atoms with E-state index in [0.717, 1.165) is 9.99 Å². The van der Waals surface area contributed by atoms with Gasteiger partial charge in [0.25, 0.3) is 11.6 Å². The number of fused-ring (bicyclic) bond motifs is 1. The maximum Gasteiger partial charge on any atom is 0.279 e. The van der Waals surface area contributed by atoms with Crippen molar-refractivity contribution in [3.05, 3.63) is 67.4 Å². The molecule has 0 aliphatic heterocycles. The van der Waals surface area contributed by atoms with Gasteiger partial charge in [-0.15, -0.1) is 0 Å². The molecule has 0 radical (unpaired) electrons. The summed E-state index contributed by atoms with van der Waals surface area (Å²) in [7, 11) is 1.59. The first-order valence-electron chi connectivity index (χ1n) is 7.61. The summed E-state index contributed by atoms with van der Waals surface area (Å²) in [6, 6.07) is 11.5. The van der Waals surface area contributed by atoms with Gasteiger partial charge < -0.3 is 9.30 Å². The smallest absolute Gasteiger partial charge is 0.279 e. The average molecular weight is 436 g/mol. The third-order valence-corrected chi connectivity index (χ3v) is 5.25. The highest BCUT2D eigenvalue weighted by atomic mass is 79.9. The minimum absolute atomic E-state index is 0.00317. The summed E-state index contributed by atoms with van der Waals surface area (Å²) >= 11 is 4.57. The monoisotopic (exact) mass is 435 g/mol. The molecular formula is C17H14BrN3O4S. The van der Waals surface area contributed by atoms with Crippen LogP contribution in [0.3, 0.4) is 0 Å². The zero-order valence-electron chi connectivity index (χ0n) is 13.7. The highest BCUT2D eigenvalue weighted by Crippen LogP contribution is 2.23.